The van der Waals surface area contributed by atoms with Gasteiger partial charge in [0, 0.05) is 13.5 Å². The molecule has 3 heterocycles. The summed E-state index contributed by atoms with van der Waals surface area (Å²) in [6.45, 7) is 0. The molecule has 1 unspecified atom stereocenters. The Balaban J connectivity index is 1.33. The molecule has 1 N–H and O–H groups in total. The first-order valence-corrected chi connectivity index (χ1v) is 12.5. The number of carbonyl (C=O) groups is 1. The quantitative estimate of drug-likeness (QED) is 0.568. The summed E-state index contributed by atoms with van der Waals surface area (Å²) >= 11 is 2.45. The fourth-order valence-electron chi connectivity index (χ4n) is 3.18. The van der Waals surface area contributed by atoms with E-state index in [1.165, 1.54) is 35.2 Å². The van der Waals surface area contributed by atoms with Crippen molar-refractivity contribution in [2.75, 3.05) is 22.6 Å². The molecule has 1 fully saturated rings. The molecular formula is C17H18FN5O3S3. The number of amides is 1. The highest BCUT2D eigenvalue weighted by atomic mass is 32.2. The molecule has 154 valence electrons. The molecule has 1 amide bonds. The van der Waals surface area contributed by atoms with Crippen molar-refractivity contribution in [2.24, 2.45) is 13.0 Å². The largest absolute Gasteiger partial charge is 0.309 e. The number of nitrogens with one attached hydrogen (secondary N) is 1. The zero-order chi connectivity index (χ0) is 20.6. The van der Waals surface area contributed by atoms with Gasteiger partial charge in [-0.05, 0) is 30.5 Å². The van der Waals surface area contributed by atoms with Gasteiger partial charge in [0.05, 0.1) is 27.5 Å². The van der Waals surface area contributed by atoms with Crippen LogP contribution in [-0.2, 0) is 28.1 Å². The van der Waals surface area contributed by atoms with Crippen molar-refractivity contribution >= 4 is 54.2 Å². The number of hydrogen-bond donors (Lipinski definition) is 1. The Morgan fingerprint density at radius 2 is 2.24 bits per heavy atom. The van der Waals surface area contributed by atoms with Crippen molar-refractivity contribution in [3.8, 4) is 0 Å². The predicted molar refractivity (Wildman–Crippen MR) is 110 cm³/mol. The van der Waals surface area contributed by atoms with Crippen LogP contribution >= 0.6 is 23.1 Å². The van der Waals surface area contributed by atoms with Crippen molar-refractivity contribution < 1.29 is 17.6 Å². The summed E-state index contributed by atoms with van der Waals surface area (Å²) in [5, 5.41) is 12.0. The summed E-state index contributed by atoms with van der Waals surface area (Å²) in [4.78, 5) is 16.5. The molecule has 8 nitrogen and oxygen atoms in total. The number of carbonyl (C=O) groups excluding carboxylic acids is 1. The SMILES string of the molecule is Cn1c(CC2CCS(=O)(=O)C2)nnc1SCC(=O)Nc1nc2ccc(F)cc2s1. The minimum atomic E-state index is -2.93. The lowest BCUT2D eigenvalue weighted by Gasteiger charge is -2.07. The average molecular weight is 456 g/mol. The summed E-state index contributed by atoms with van der Waals surface area (Å²) in [6, 6.07) is 4.28. The Morgan fingerprint density at radius 1 is 1.41 bits per heavy atom. The van der Waals surface area contributed by atoms with E-state index in [2.05, 4.69) is 20.5 Å². The van der Waals surface area contributed by atoms with E-state index in [1.807, 2.05) is 0 Å². The summed E-state index contributed by atoms with van der Waals surface area (Å²) in [5.74, 6) is 0.723. The molecule has 1 aromatic carbocycles. The van der Waals surface area contributed by atoms with Crippen LogP contribution in [-0.4, -0.2) is 51.3 Å². The second-order valence-corrected chi connectivity index (χ2v) is 11.1. The van der Waals surface area contributed by atoms with E-state index in [0.29, 0.717) is 39.2 Å². The number of rotatable bonds is 6. The molecule has 3 aromatic rings. The summed E-state index contributed by atoms with van der Waals surface area (Å²) in [5.41, 5.74) is 0.631. The molecule has 0 spiro atoms. The number of sulfone groups is 1. The summed E-state index contributed by atoms with van der Waals surface area (Å²) < 4.78 is 38.9. The maximum atomic E-state index is 13.3. The molecule has 4 rings (SSSR count). The molecule has 2 aromatic heterocycles. The van der Waals surface area contributed by atoms with Crippen LogP contribution in [0.2, 0.25) is 0 Å². The number of thiazole rings is 1. The second kappa shape index (κ2) is 8.00. The number of fused-ring (bicyclic) bond motifs is 1. The van der Waals surface area contributed by atoms with Crippen LogP contribution in [0.3, 0.4) is 0 Å². The third-order valence-corrected chi connectivity index (χ3v) is 8.44. The molecule has 1 atom stereocenters. The first-order chi connectivity index (χ1) is 13.8. The van der Waals surface area contributed by atoms with Gasteiger partial charge in [-0.2, -0.15) is 0 Å². The highest BCUT2D eigenvalue weighted by Gasteiger charge is 2.29. The summed E-state index contributed by atoms with van der Waals surface area (Å²) in [6.07, 6.45) is 1.20. The Labute approximate surface area is 174 Å². The molecule has 0 bridgehead atoms. The highest BCUT2D eigenvalue weighted by molar-refractivity contribution is 7.99. The standard InChI is InChI=1S/C17H18FN5O3S3/c1-23-14(6-10-4-5-29(25,26)9-10)21-22-17(23)27-8-15(24)20-16-19-12-3-2-11(18)7-13(12)28-16/h2-3,7,10H,4-6,8-9H2,1H3,(H,19,20,24). The first kappa shape index (κ1) is 20.2. The van der Waals surface area contributed by atoms with Crippen molar-refractivity contribution in [1.29, 1.82) is 0 Å². The molecule has 0 saturated carbocycles. The first-order valence-electron chi connectivity index (χ1n) is 8.86. The predicted octanol–water partition coefficient (Wildman–Crippen LogP) is 2.27. The zero-order valence-corrected chi connectivity index (χ0v) is 17.9. The zero-order valence-electron chi connectivity index (χ0n) is 15.5. The molecule has 1 aliphatic heterocycles. The molecular weight excluding hydrogens is 437 g/mol. The summed E-state index contributed by atoms with van der Waals surface area (Å²) in [7, 11) is -1.12. The highest BCUT2D eigenvalue weighted by Crippen LogP contribution is 2.27. The smallest absolute Gasteiger partial charge is 0.236 e. The number of nitrogens with zero attached hydrogens (tertiary/aromatic N) is 4. The fourth-order valence-corrected chi connectivity index (χ4v) is 6.68. The van der Waals surface area contributed by atoms with Crippen LogP contribution in [0.5, 0.6) is 0 Å². The molecule has 1 aliphatic rings. The van der Waals surface area contributed by atoms with Crippen LogP contribution in [0.1, 0.15) is 12.2 Å². The van der Waals surface area contributed by atoms with E-state index in [1.54, 1.807) is 17.7 Å². The van der Waals surface area contributed by atoms with E-state index < -0.39 is 9.84 Å². The molecule has 29 heavy (non-hydrogen) atoms. The second-order valence-electron chi connectivity index (χ2n) is 6.90. The number of halogens is 1. The van der Waals surface area contributed by atoms with Crippen LogP contribution in [0.15, 0.2) is 23.4 Å². The van der Waals surface area contributed by atoms with Crippen molar-refractivity contribution in [1.82, 2.24) is 19.7 Å². The van der Waals surface area contributed by atoms with E-state index in [4.69, 9.17) is 0 Å². The van der Waals surface area contributed by atoms with Gasteiger partial charge in [0.2, 0.25) is 5.91 Å². The Kier molecular flexibility index (Phi) is 5.58. The minimum Gasteiger partial charge on any atom is -0.309 e. The number of aromatic nitrogens is 4. The number of benzene rings is 1. The molecule has 12 heteroatoms. The lowest BCUT2D eigenvalue weighted by Crippen LogP contribution is -2.14. The normalized spacial score (nSPS) is 18.3. The van der Waals surface area contributed by atoms with E-state index in [9.17, 15) is 17.6 Å². The number of anilines is 1. The van der Waals surface area contributed by atoms with E-state index in [-0.39, 0.29) is 34.9 Å². The molecule has 0 aliphatic carbocycles. The van der Waals surface area contributed by atoms with E-state index in [0.717, 1.165) is 0 Å². The third-order valence-electron chi connectivity index (χ3n) is 4.65. The van der Waals surface area contributed by atoms with Gasteiger partial charge in [0.1, 0.15) is 11.6 Å². The monoisotopic (exact) mass is 455 g/mol. The van der Waals surface area contributed by atoms with Gasteiger partial charge in [0.25, 0.3) is 0 Å². The fraction of sp³-hybridized carbons (Fsp3) is 0.412. The van der Waals surface area contributed by atoms with Crippen molar-refractivity contribution in [3.05, 3.63) is 29.8 Å². The van der Waals surface area contributed by atoms with E-state index >= 15 is 0 Å². The maximum Gasteiger partial charge on any atom is 0.236 e. The number of thioether (sulfide) groups is 1. The van der Waals surface area contributed by atoms with Crippen molar-refractivity contribution in [3.63, 3.8) is 0 Å². The van der Waals surface area contributed by atoms with Crippen LogP contribution in [0, 0.1) is 11.7 Å². The van der Waals surface area contributed by atoms with Crippen LogP contribution in [0.25, 0.3) is 10.2 Å². The Bertz CT molecular complexity index is 1170. The molecule has 0 radical (unpaired) electrons. The van der Waals surface area contributed by atoms with Crippen LogP contribution in [0.4, 0.5) is 9.52 Å². The Hall–Kier alpha value is -2.05. The lowest BCUT2D eigenvalue weighted by molar-refractivity contribution is -0.113. The van der Waals surface area contributed by atoms with Gasteiger partial charge in [-0.25, -0.2) is 17.8 Å². The Morgan fingerprint density at radius 3 is 3.00 bits per heavy atom. The van der Waals surface area contributed by atoms with Gasteiger partial charge < -0.3 is 9.88 Å². The minimum absolute atomic E-state index is 0.0629. The van der Waals surface area contributed by atoms with Gasteiger partial charge in [-0.15, -0.1) is 10.2 Å². The van der Waals surface area contributed by atoms with Gasteiger partial charge in [0.15, 0.2) is 20.1 Å². The molecule has 1 saturated heterocycles. The van der Waals surface area contributed by atoms with Crippen molar-refractivity contribution in [2.45, 2.75) is 18.0 Å². The topological polar surface area (TPSA) is 107 Å². The average Bonchev–Trinajstić information content (AvgIpc) is 3.31. The third kappa shape index (κ3) is 4.75. The maximum absolute atomic E-state index is 13.3. The van der Waals surface area contributed by atoms with Gasteiger partial charge in [-0.3, -0.25) is 4.79 Å². The van der Waals surface area contributed by atoms with Crippen LogP contribution < -0.4 is 5.32 Å². The van der Waals surface area contributed by atoms with Gasteiger partial charge >= 0.3 is 0 Å². The van der Waals surface area contributed by atoms with Gasteiger partial charge in [-0.1, -0.05) is 23.1 Å². The number of hydrogen-bond acceptors (Lipinski definition) is 8. The lowest BCUT2D eigenvalue weighted by atomic mass is 10.1.